The van der Waals surface area contributed by atoms with Crippen LogP contribution < -0.4 is 10.9 Å². The molecule has 2 aromatic heterocycles. The summed E-state index contributed by atoms with van der Waals surface area (Å²) in [6.07, 6.45) is 1.74. The van der Waals surface area contributed by atoms with Crippen LogP contribution in [0.25, 0.3) is 10.2 Å². The van der Waals surface area contributed by atoms with Crippen molar-refractivity contribution in [2.45, 2.75) is 33.7 Å². The van der Waals surface area contributed by atoms with E-state index in [2.05, 4.69) is 10.3 Å². The highest BCUT2D eigenvalue weighted by molar-refractivity contribution is 7.16. The van der Waals surface area contributed by atoms with Gasteiger partial charge in [0, 0.05) is 18.7 Å². The van der Waals surface area contributed by atoms with Crippen LogP contribution in [0.3, 0.4) is 0 Å². The van der Waals surface area contributed by atoms with Gasteiger partial charge in [-0.05, 0) is 43.3 Å². The van der Waals surface area contributed by atoms with Crippen molar-refractivity contribution in [3.63, 3.8) is 0 Å². The zero-order valence-corrected chi connectivity index (χ0v) is 14.7. The first-order valence-corrected chi connectivity index (χ1v) is 8.64. The van der Waals surface area contributed by atoms with E-state index >= 15 is 0 Å². The van der Waals surface area contributed by atoms with Crippen molar-refractivity contribution in [3.8, 4) is 0 Å². The molecule has 1 amide bonds. The number of carbonyl (C=O) groups excluding carboxylic acids is 1. The number of aromatic nitrogens is 2. The van der Waals surface area contributed by atoms with Gasteiger partial charge in [-0.2, -0.15) is 0 Å². The van der Waals surface area contributed by atoms with Gasteiger partial charge in [0.25, 0.3) is 5.56 Å². The second-order valence-electron chi connectivity index (χ2n) is 5.95. The van der Waals surface area contributed by atoms with Crippen LogP contribution in [0.4, 0.5) is 5.69 Å². The average Bonchev–Trinajstić information content (AvgIpc) is 2.99. The standard InChI is InChI=1S/C18H19N3O2S/c1-11-8-12(2)16(13(3)9-11)20-15(22)4-6-21-10-19-17-14(18(21)23)5-7-24-17/h5,7-10H,4,6H2,1-3H3,(H,20,22). The summed E-state index contributed by atoms with van der Waals surface area (Å²) >= 11 is 1.44. The zero-order valence-electron chi connectivity index (χ0n) is 13.9. The number of amides is 1. The quantitative estimate of drug-likeness (QED) is 0.791. The summed E-state index contributed by atoms with van der Waals surface area (Å²) in [6, 6.07) is 5.86. The minimum absolute atomic E-state index is 0.100. The molecule has 0 atom stereocenters. The maximum Gasteiger partial charge on any atom is 0.262 e. The Kier molecular flexibility index (Phi) is 4.49. The number of hydrogen-bond donors (Lipinski definition) is 1. The molecule has 0 aliphatic rings. The lowest BCUT2D eigenvalue weighted by atomic mass is 10.1. The van der Waals surface area contributed by atoms with Crippen molar-refractivity contribution in [2.75, 3.05) is 5.32 Å². The monoisotopic (exact) mass is 341 g/mol. The first-order valence-electron chi connectivity index (χ1n) is 7.76. The van der Waals surface area contributed by atoms with E-state index in [9.17, 15) is 9.59 Å². The van der Waals surface area contributed by atoms with Crippen LogP contribution in [0.15, 0.2) is 34.7 Å². The van der Waals surface area contributed by atoms with Gasteiger partial charge in [-0.15, -0.1) is 11.3 Å². The minimum Gasteiger partial charge on any atom is -0.326 e. The lowest BCUT2D eigenvalue weighted by Crippen LogP contribution is -2.23. The molecule has 1 N–H and O–H groups in total. The lowest BCUT2D eigenvalue weighted by molar-refractivity contribution is -0.116. The van der Waals surface area contributed by atoms with Gasteiger partial charge in [-0.3, -0.25) is 14.2 Å². The Hall–Kier alpha value is -2.47. The van der Waals surface area contributed by atoms with Gasteiger partial charge >= 0.3 is 0 Å². The van der Waals surface area contributed by atoms with E-state index in [1.807, 2.05) is 38.3 Å². The van der Waals surface area contributed by atoms with E-state index in [-0.39, 0.29) is 17.9 Å². The highest BCUT2D eigenvalue weighted by Gasteiger charge is 2.10. The number of nitrogens with zero attached hydrogens (tertiary/aromatic N) is 2. The SMILES string of the molecule is Cc1cc(C)c(NC(=O)CCn2cnc3sccc3c2=O)c(C)c1. The minimum atomic E-state index is -0.109. The Morgan fingerprint density at radius 1 is 1.25 bits per heavy atom. The lowest BCUT2D eigenvalue weighted by Gasteiger charge is -2.13. The average molecular weight is 341 g/mol. The number of hydrogen-bond acceptors (Lipinski definition) is 4. The number of thiophene rings is 1. The Balaban J connectivity index is 1.71. The van der Waals surface area contributed by atoms with Crippen LogP contribution >= 0.6 is 11.3 Å². The first kappa shape index (κ1) is 16.4. The summed E-state index contributed by atoms with van der Waals surface area (Å²) in [5.74, 6) is -0.109. The van der Waals surface area contributed by atoms with E-state index in [1.54, 1.807) is 6.07 Å². The molecular formula is C18H19N3O2S. The molecule has 0 radical (unpaired) electrons. The Morgan fingerprint density at radius 2 is 1.96 bits per heavy atom. The van der Waals surface area contributed by atoms with Crippen LogP contribution in [0, 0.1) is 20.8 Å². The maximum atomic E-state index is 12.3. The number of nitrogens with one attached hydrogen (secondary N) is 1. The van der Waals surface area contributed by atoms with Gasteiger partial charge in [0.2, 0.25) is 5.91 Å². The summed E-state index contributed by atoms with van der Waals surface area (Å²) in [5, 5.41) is 5.41. The number of rotatable bonds is 4. The maximum absolute atomic E-state index is 12.3. The molecular weight excluding hydrogens is 322 g/mol. The normalized spacial score (nSPS) is 11.0. The molecule has 3 aromatic rings. The summed E-state index contributed by atoms with van der Waals surface area (Å²) in [5.41, 5.74) is 4.00. The molecule has 1 aromatic carbocycles. The molecule has 5 nitrogen and oxygen atoms in total. The van der Waals surface area contributed by atoms with Crippen molar-refractivity contribution in [1.82, 2.24) is 9.55 Å². The van der Waals surface area contributed by atoms with E-state index < -0.39 is 0 Å². The third-order valence-corrected chi connectivity index (χ3v) is 4.79. The van der Waals surface area contributed by atoms with Crippen LogP contribution in [0.1, 0.15) is 23.1 Å². The van der Waals surface area contributed by atoms with Gasteiger partial charge < -0.3 is 5.32 Å². The van der Waals surface area contributed by atoms with Gasteiger partial charge in [0.15, 0.2) is 0 Å². The molecule has 124 valence electrons. The Bertz CT molecular complexity index is 949. The second-order valence-corrected chi connectivity index (χ2v) is 6.85. The molecule has 0 aliphatic heterocycles. The smallest absolute Gasteiger partial charge is 0.262 e. The van der Waals surface area contributed by atoms with Crippen molar-refractivity contribution in [1.29, 1.82) is 0 Å². The molecule has 2 heterocycles. The summed E-state index contributed by atoms with van der Waals surface area (Å²) in [6.45, 7) is 6.31. The first-order chi connectivity index (χ1) is 11.5. The molecule has 0 aliphatic carbocycles. The zero-order chi connectivity index (χ0) is 17.3. The van der Waals surface area contributed by atoms with Crippen LogP contribution in [0.2, 0.25) is 0 Å². The number of benzene rings is 1. The van der Waals surface area contributed by atoms with Crippen molar-refractivity contribution in [2.24, 2.45) is 0 Å². The molecule has 0 saturated heterocycles. The molecule has 0 unspecified atom stereocenters. The Morgan fingerprint density at radius 3 is 2.67 bits per heavy atom. The number of anilines is 1. The topological polar surface area (TPSA) is 64.0 Å². The summed E-state index contributed by atoms with van der Waals surface area (Å²) < 4.78 is 1.49. The van der Waals surface area contributed by atoms with E-state index in [1.165, 1.54) is 27.8 Å². The van der Waals surface area contributed by atoms with Gasteiger partial charge in [0.05, 0.1) is 11.7 Å². The van der Waals surface area contributed by atoms with E-state index in [0.29, 0.717) is 11.9 Å². The third kappa shape index (κ3) is 3.23. The molecule has 0 saturated carbocycles. The van der Waals surface area contributed by atoms with Gasteiger partial charge in [-0.1, -0.05) is 17.7 Å². The second kappa shape index (κ2) is 6.57. The fourth-order valence-electron chi connectivity index (χ4n) is 2.85. The molecule has 3 rings (SSSR count). The number of carbonyl (C=O) groups is 1. The number of fused-ring (bicyclic) bond motifs is 1. The highest BCUT2D eigenvalue weighted by atomic mass is 32.1. The van der Waals surface area contributed by atoms with Gasteiger partial charge in [0.1, 0.15) is 4.83 Å². The van der Waals surface area contributed by atoms with Crippen molar-refractivity contribution < 1.29 is 4.79 Å². The molecule has 0 bridgehead atoms. The van der Waals surface area contributed by atoms with E-state index in [0.717, 1.165) is 21.6 Å². The molecule has 6 heteroatoms. The molecule has 24 heavy (non-hydrogen) atoms. The van der Waals surface area contributed by atoms with E-state index in [4.69, 9.17) is 0 Å². The van der Waals surface area contributed by atoms with Crippen LogP contribution in [-0.2, 0) is 11.3 Å². The summed E-state index contributed by atoms with van der Waals surface area (Å²) in [4.78, 5) is 29.5. The highest BCUT2D eigenvalue weighted by Crippen LogP contribution is 2.22. The van der Waals surface area contributed by atoms with Gasteiger partial charge in [-0.25, -0.2) is 4.98 Å². The Labute approximate surface area is 144 Å². The predicted molar refractivity (Wildman–Crippen MR) is 97.8 cm³/mol. The van der Waals surface area contributed by atoms with Crippen molar-refractivity contribution >= 4 is 33.1 Å². The predicted octanol–water partition coefficient (Wildman–Crippen LogP) is 3.41. The fourth-order valence-corrected chi connectivity index (χ4v) is 3.58. The van der Waals surface area contributed by atoms with Crippen molar-refractivity contribution in [3.05, 3.63) is 57.0 Å². The van der Waals surface area contributed by atoms with Crippen LogP contribution in [-0.4, -0.2) is 15.5 Å². The number of aryl methyl sites for hydroxylation is 4. The summed E-state index contributed by atoms with van der Waals surface area (Å²) in [7, 11) is 0. The molecule has 0 fully saturated rings. The third-order valence-electron chi connectivity index (χ3n) is 3.97. The fraction of sp³-hybridized carbons (Fsp3) is 0.278. The molecule has 0 spiro atoms. The van der Waals surface area contributed by atoms with Crippen LogP contribution in [0.5, 0.6) is 0 Å². The largest absolute Gasteiger partial charge is 0.326 e.